The molecule has 1 heterocycles. The predicted octanol–water partition coefficient (Wildman–Crippen LogP) is 1.92. The van der Waals surface area contributed by atoms with E-state index in [0.717, 1.165) is 38.8 Å². The van der Waals surface area contributed by atoms with Crippen molar-refractivity contribution in [1.82, 2.24) is 4.13 Å². The lowest BCUT2D eigenvalue weighted by atomic mass is 10.1. The Labute approximate surface area is 175 Å². The normalized spacial score (nSPS) is 16.0. The number of benzene rings is 2. The van der Waals surface area contributed by atoms with Crippen LogP contribution in [0.2, 0.25) is 0 Å². The second-order valence-corrected chi connectivity index (χ2v) is 11.9. The van der Waals surface area contributed by atoms with E-state index in [9.17, 15) is 30.4 Å². The number of carbonyl (C=O) groups excluding carboxylic acids is 1. The second-order valence-electron chi connectivity index (χ2n) is 6.38. The van der Waals surface area contributed by atoms with Gasteiger partial charge >= 0.3 is 31.6 Å². The molecule has 2 aromatic rings. The quantitative estimate of drug-likeness (QED) is 0.473. The van der Waals surface area contributed by atoms with Gasteiger partial charge in [-0.3, -0.25) is 0 Å². The Balaban J connectivity index is 1.94. The van der Waals surface area contributed by atoms with Gasteiger partial charge in [0.15, 0.2) is 4.90 Å². The molecule has 1 aliphatic rings. The molecule has 0 bridgehead atoms. The highest BCUT2D eigenvalue weighted by Crippen LogP contribution is 2.34. The molecule has 0 amide bonds. The molecular weight excluding hydrogens is 464 g/mol. The van der Waals surface area contributed by atoms with Crippen LogP contribution in [0.3, 0.4) is 0 Å². The third-order valence-electron chi connectivity index (χ3n) is 4.32. The minimum atomic E-state index is -5.99. The Morgan fingerprint density at radius 1 is 1.10 bits per heavy atom. The fourth-order valence-corrected chi connectivity index (χ4v) is 7.78. The zero-order chi connectivity index (χ0) is 22.2. The molecule has 0 radical (unpaired) electrons. The molecule has 0 unspecified atom stereocenters. The van der Waals surface area contributed by atoms with Crippen molar-refractivity contribution in [3.8, 4) is 5.75 Å². The van der Waals surface area contributed by atoms with Gasteiger partial charge in [0.2, 0.25) is 0 Å². The maximum Gasteiger partial charge on any atom is 0.455 e. The summed E-state index contributed by atoms with van der Waals surface area (Å²) in [5.41, 5.74) is 0. The first-order valence-corrected chi connectivity index (χ1v) is 13.1. The van der Waals surface area contributed by atoms with Crippen molar-refractivity contribution in [3.63, 3.8) is 0 Å². The van der Waals surface area contributed by atoms with Crippen LogP contribution in [0.4, 0.5) is 8.78 Å². The number of methoxy groups -OCH3 is 1. The molecular formula is C17H18F2NO7S3+. The number of rotatable bonds is 7. The van der Waals surface area contributed by atoms with Crippen LogP contribution >= 0.6 is 0 Å². The molecule has 164 valence electrons. The number of hydrogen-bond donors (Lipinski definition) is 1. The minimum absolute atomic E-state index is 0.139. The minimum Gasteiger partial charge on any atom is -0.464 e. The number of ether oxygens (including phenoxy) is 1. The average molecular weight is 483 g/mol. The molecule has 30 heavy (non-hydrogen) atoms. The summed E-state index contributed by atoms with van der Waals surface area (Å²) in [6.45, 7) is 0. The van der Waals surface area contributed by atoms with Crippen molar-refractivity contribution < 1.29 is 39.3 Å². The SMILES string of the molecule is COC(=O)C(F)(F)S(=O)(=O)NS(=O)(=O)Oc1cc([S+]2CCCC2)c2ccccc2c1. The van der Waals surface area contributed by atoms with E-state index in [1.807, 2.05) is 12.1 Å². The molecule has 1 aliphatic heterocycles. The van der Waals surface area contributed by atoms with E-state index in [4.69, 9.17) is 4.18 Å². The summed E-state index contributed by atoms with van der Waals surface area (Å²) < 4.78 is 84.4. The van der Waals surface area contributed by atoms with Crippen LogP contribution in [0, 0.1) is 0 Å². The monoisotopic (exact) mass is 482 g/mol. The van der Waals surface area contributed by atoms with E-state index in [1.165, 1.54) is 12.1 Å². The summed E-state index contributed by atoms with van der Waals surface area (Å²) in [4.78, 5) is 11.9. The van der Waals surface area contributed by atoms with Crippen LogP contribution in [0.25, 0.3) is 10.8 Å². The average Bonchev–Trinajstić information content (AvgIpc) is 3.19. The lowest BCUT2D eigenvalue weighted by Crippen LogP contribution is -2.48. The molecule has 0 saturated carbocycles. The molecule has 3 rings (SSSR count). The zero-order valence-electron chi connectivity index (χ0n) is 15.6. The van der Waals surface area contributed by atoms with Crippen LogP contribution in [0.1, 0.15) is 12.8 Å². The maximum atomic E-state index is 13.7. The van der Waals surface area contributed by atoms with Gasteiger partial charge in [-0.05, 0) is 30.4 Å². The van der Waals surface area contributed by atoms with Crippen LogP contribution in [0.15, 0.2) is 41.3 Å². The Hall–Kier alpha value is -1.96. The summed E-state index contributed by atoms with van der Waals surface area (Å²) in [6.07, 6.45) is 2.06. The fraction of sp³-hybridized carbons (Fsp3) is 0.353. The van der Waals surface area contributed by atoms with Crippen LogP contribution in [0.5, 0.6) is 5.75 Å². The molecule has 8 nitrogen and oxygen atoms in total. The third-order valence-corrected chi connectivity index (χ3v) is 9.79. The highest BCUT2D eigenvalue weighted by Gasteiger charge is 2.56. The van der Waals surface area contributed by atoms with Gasteiger partial charge < -0.3 is 8.92 Å². The third kappa shape index (κ3) is 4.53. The molecule has 2 aromatic carbocycles. The van der Waals surface area contributed by atoms with Gasteiger partial charge in [0, 0.05) is 22.3 Å². The lowest BCUT2D eigenvalue weighted by Gasteiger charge is -2.15. The van der Waals surface area contributed by atoms with E-state index in [1.54, 1.807) is 12.1 Å². The Morgan fingerprint density at radius 3 is 2.37 bits per heavy atom. The van der Waals surface area contributed by atoms with Gasteiger partial charge in [-0.2, -0.15) is 17.2 Å². The van der Waals surface area contributed by atoms with E-state index >= 15 is 0 Å². The largest absolute Gasteiger partial charge is 0.464 e. The van der Waals surface area contributed by atoms with Crippen molar-refractivity contribution in [1.29, 1.82) is 0 Å². The maximum absolute atomic E-state index is 13.7. The molecule has 1 fully saturated rings. The first-order chi connectivity index (χ1) is 14.0. The van der Waals surface area contributed by atoms with Crippen LogP contribution < -0.4 is 8.31 Å². The smallest absolute Gasteiger partial charge is 0.455 e. The van der Waals surface area contributed by atoms with Crippen molar-refractivity contribution in [2.75, 3.05) is 18.6 Å². The van der Waals surface area contributed by atoms with Crippen molar-refractivity contribution in [2.24, 2.45) is 0 Å². The van der Waals surface area contributed by atoms with E-state index in [0.29, 0.717) is 12.5 Å². The Bertz CT molecular complexity index is 1180. The second kappa shape index (κ2) is 8.29. The van der Waals surface area contributed by atoms with Gasteiger partial charge in [-0.1, -0.05) is 22.3 Å². The number of nitrogens with one attached hydrogen (secondary N) is 1. The summed E-state index contributed by atoms with van der Waals surface area (Å²) in [5.74, 6) is -0.802. The number of alkyl halides is 2. The molecule has 13 heteroatoms. The van der Waals surface area contributed by atoms with Crippen LogP contribution in [-0.2, 0) is 40.8 Å². The van der Waals surface area contributed by atoms with Crippen molar-refractivity contribution in [2.45, 2.75) is 23.0 Å². The lowest BCUT2D eigenvalue weighted by molar-refractivity contribution is -0.157. The number of sulfonamides is 1. The van der Waals surface area contributed by atoms with Gasteiger partial charge in [-0.25, -0.2) is 13.2 Å². The standard InChI is InChI=1S/C17H18F2NO7S3/c1-26-16(21)17(18,19)29(22,23)20-30(24,25)27-13-10-12-6-2-3-7-14(12)15(11-13)28-8-4-5-9-28/h2-3,6-7,10-11,20H,4-5,8-9H2,1H3/q+1. The molecule has 0 aliphatic carbocycles. The Morgan fingerprint density at radius 2 is 1.73 bits per heavy atom. The molecule has 0 spiro atoms. The van der Waals surface area contributed by atoms with Gasteiger partial charge in [0.1, 0.15) is 17.3 Å². The molecule has 1 N–H and O–H groups in total. The molecule has 1 saturated heterocycles. The summed E-state index contributed by atoms with van der Waals surface area (Å²) >= 11 is 0. The van der Waals surface area contributed by atoms with Crippen LogP contribution in [-0.4, -0.2) is 46.7 Å². The predicted molar refractivity (Wildman–Crippen MR) is 107 cm³/mol. The Kier molecular flexibility index (Phi) is 6.28. The summed E-state index contributed by atoms with van der Waals surface area (Å²) in [7, 11) is -10.8. The molecule has 0 aromatic heterocycles. The number of esters is 1. The topological polar surface area (TPSA) is 116 Å². The number of fused-ring (bicyclic) bond motifs is 1. The first-order valence-electron chi connectivity index (χ1n) is 8.61. The fourth-order valence-electron chi connectivity index (χ4n) is 2.97. The summed E-state index contributed by atoms with van der Waals surface area (Å²) in [5, 5.41) is -3.56. The van der Waals surface area contributed by atoms with Gasteiger partial charge in [0.25, 0.3) is 0 Å². The van der Waals surface area contributed by atoms with Gasteiger partial charge in [0.05, 0.1) is 7.11 Å². The van der Waals surface area contributed by atoms with Crippen molar-refractivity contribution in [3.05, 3.63) is 36.4 Å². The van der Waals surface area contributed by atoms with E-state index < -0.39 is 31.6 Å². The first kappa shape index (κ1) is 22.7. The zero-order valence-corrected chi connectivity index (χ0v) is 18.1. The number of halogens is 2. The highest BCUT2D eigenvalue weighted by atomic mass is 32.3. The van der Waals surface area contributed by atoms with Crippen molar-refractivity contribution >= 4 is 48.0 Å². The highest BCUT2D eigenvalue weighted by molar-refractivity contribution is 8.03. The number of hydrogen-bond acceptors (Lipinski definition) is 7. The van der Waals surface area contributed by atoms with E-state index in [2.05, 4.69) is 4.74 Å². The number of carbonyl (C=O) groups is 1. The molecule has 0 atom stereocenters. The van der Waals surface area contributed by atoms with Gasteiger partial charge in [-0.15, -0.1) is 0 Å². The summed E-state index contributed by atoms with van der Waals surface area (Å²) in [6, 6.07) is 10.0. The van der Waals surface area contributed by atoms with E-state index in [-0.39, 0.29) is 16.6 Å².